The quantitative estimate of drug-likeness (QED) is 0.899. The summed E-state index contributed by atoms with van der Waals surface area (Å²) in [5, 5.41) is 11.9. The Hall–Kier alpha value is -1.89. The number of aliphatic hydroxyl groups is 1. The number of fused-ring (bicyclic) bond motifs is 1. The molecule has 6 heteroatoms. The van der Waals surface area contributed by atoms with Gasteiger partial charge in [-0.15, -0.1) is 0 Å². The predicted molar refractivity (Wildman–Crippen MR) is 98.1 cm³/mol. The van der Waals surface area contributed by atoms with Gasteiger partial charge < -0.3 is 19.2 Å². The van der Waals surface area contributed by atoms with Crippen LogP contribution in [0, 0.1) is 6.92 Å². The first kappa shape index (κ1) is 17.5. The summed E-state index contributed by atoms with van der Waals surface area (Å²) >= 11 is 0. The number of morpholine rings is 1. The minimum atomic E-state index is -0.817. The molecular weight excluding hydrogens is 332 g/mol. The first-order valence-electron chi connectivity index (χ1n) is 9.29. The number of benzene rings is 1. The molecule has 0 spiro atoms. The lowest BCUT2D eigenvalue weighted by molar-refractivity contribution is -0.130. The van der Waals surface area contributed by atoms with Gasteiger partial charge in [-0.3, -0.25) is 9.69 Å². The van der Waals surface area contributed by atoms with Crippen molar-refractivity contribution >= 4 is 16.9 Å². The van der Waals surface area contributed by atoms with Crippen LogP contribution in [0.3, 0.4) is 0 Å². The molecule has 3 heterocycles. The molecule has 1 aromatic carbocycles. The van der Waals surface area contributed by atoms with E-state index in [1.807, 2.05) is 25.1 Å². The Kier molecular flexibility index (Phi) is 4.73. The summed E-state index contributed by atoms with van der Waals surface area (Å²) in [6.07, 6.45) is 2.61. The number of likely N-dealkylation sites (tertiary alicyclic amines) is 1. The second kappa shape index (κ2) is 7.02. The second-order valence-corrected chi connectivity index (χ2v) is 7.62. The number of nitrogens with zero attached hydrogens (tertiary/aromatic N) is 2. The Morgan fingerprint density at radius 2 is 2.08 bits per heavy atom. The number of carbonyl (C=O) groups excluding carboxylic acids is 1. The molecule has 2 fully saturated rings. The highest BCUT2D eigenvalue weighted by Gasteiger charge is 2.39. The summed E-state index contributed by atoms with van der Waals surface area (Å²) in [7, 11) is 0. The topological polar surface area (TPSA) is 66.2 Å². The second-order valence-electron chi connectivity index (χ2n) is 7.62. The fourth-order valence-electron chi connectivity index (χ4n) is 3.98. The molecule has 1 aromatic heterocycles. The zero-order valence-corrected chi connectivity index (χ0v) is 15.2. The Balaban J connectivity index is 1.39. The van der Waals surface area contributed by atoms with E-state index in [0.29, 0.717) is 45.7 Å². The summed E-state index contributed by atoms with van der Waals surface area (Å²) in [5.74, 6) is 0.0474. The lowest BCUT2D eigenvalue weighted by Gasteiger charge is -2.33. The standard InChI is InChI=1S/C20H26N2O4/c1-15-2-3-17-16(12-26-18(17)10-15)11-19(23)22-5-4-20(24,14-22)13-21-6-8-25-9-7-21/h2-3,10,12,24H,4-9,11,13-14H2,1H3/t20-/m1/s1. The molecule has 4 rings (SSSR count). The van der Waals surface area contributed by atoms with Gasteiger partial charge in [0.1, 0.15) is 5.58 Å². The van der Waals surface area contributed by atoms with Gasteiger partial charge in [-0.05, 0) is 25.0 Å². The molecule has 26 heavy (non-hydrogen) atoms. The molecule has 1 amide bonds. The van der Waals surface area contributed by atoms with E-state index in [-0.39, 0.29) is 5.91 Å². The predicted octanol–water partition coefficient (Wildman–Crippen LogP) is 1.58. The van der Waals surface area contributed by atoms with Crippen molar-refractivity contribution in [2.75, 3.05) is 45.9 Å². The molecule has 2 saturated heterocycles. The van der Waals surface area contributed by atoms with E-state index in [4.69, 9.17) is 9.15 Å². The maximum atomic E-state index is 12.7. The number of furan rings is 1. The first-order valence-corrected chi connectivity index (χ1v) is 9.29. The average Bonchev–Trinajstić information content (AvgIpc) is 3.19. The van der Waals surface area contributed by atoms with Crippen molar-refractivity contribution in [1.82, 2.24) is 9.80 Å². The number of hydrogen-bond donors (Lipinski definition) is 1. The summed E-state index contributed by atoms with van der Waals surface area (Å²) in [6, 6.07) is 6.03. The normalized spacial score (nSPS) is 24.5. The molecule has 0 aliphatic carbocycles. The van der Waals surface area contributed by atoms with E-state index in [1.165, 1.54) is 0 Å². The number of ether oxygens (including phenoxy) is 1. The van der Waals surface area contributed by atoms with E-state index < -0.39 is 5.60 Å². The third-order valence-corrected chi connectivity index (χ3v) is 5.46. The number of β-amino-alcohol motifs (C(OH)–C–C–N with tert-alkyl or cyclic N) is 1. The van der Waals surface area contributed by atoms with Crippen LogP contribution in [0.1, 0.15) is 17.5 Å². The van der Waals surface area contributed by atoms with Crippen LogP contribution in [0.2, 0.25) is 0 Å². The SMILES string of the molecule is Cc1ccc2c(CC(=O)N3CC[C@@](O)(CN4CCOCC4)C3)coc2c1. The number of carbonyl (C=O) groups is 1. The van der Waals surface area contributed by atoms with Crippen molar-refractivity contribution in [2.45, 2.75) is 25.4 Å². The molecule has 2 aromatic rings. The molecule has 140 valence electrons. The molecule has 1 N–H and O–H groups in total. The maximum Gasteiger partial charge on any atom is 0.227 e. The highest BCUT2D eigenvalue weighted by atomic mass is 16.5. The molecule has 2 aliphatic heterocycles. The third kappa shape index (κ3) is 3.63. The number of hydrogen-bond acceptors (Lipinski definition) is 5. The van der Waals surface area contributed by atoms with Crippen molar-refractivity contribution in [1.29, 1.82) is 0 Å². The van der Waals surface area contributed by atoms with Crippen LogP contribution in [0.15, 0.2) is 28.9 Å². The molecular formula is C20H26N2O4. The highest BCUT2D eigenvalue weighted by Crippen LogP contribution is 2.26. The lowest BCUT2D eigenvalue weighted by Crippen LogP contribution is -2.49. The van der Waals surface area contributed by atoms with Crippen LogP contribution in [0.5, 0.6) is 0 Å². The highest BCUT2D eigenvalue weighted by molar-refractivity contribution is 5.88. The van der Waals surface area contributed by atoms with Gasteiger partial charge in [0.2, 0.25) is 5.91 Å². The zero-order valence-electron chi connectivity index (χ0n) is 15.2. The van der Waals surface area contributed by atoms with E-state index in [2.05, 4.69) is 4.90 Å². The summed E-state index contributed by atoms with van der Waals surface area (Å²) in [4.78, 5) is 16.8. The van der Waals surface area contributed by atoms with Gasteiger partial charge in [-0.2, -0.15) is 0 Å². The molecule has 2 aliphatic rings. The average molecular weight is 358 g/mol. The van der Waals surface area contributed by atoms with Gasteiger partial charge >= 0.3 is 0 Å². The Morgan fingerprint density at radius 3 is 2.88 bits per heavy atom. The van der Waals surface area contributed by atoms with Gasteiger partial charge in [-0.25, -0.2) is 0 Å². The molecule has 0 radical (unpaired) electrons. The van der Waals surface area contributed by atoms with Crippen LogP contribution < -0.4 is 0 Å². The monoisotopic (exact) mass is 358 g/mol. The van der Waals surface area contributed by atoms with Crippen LogP contribution in [0.25, 0.3) is 11.0 Å². The van der Waals surface area contributed by atoms with Gasteiger partial charge in [0, 0.05) is 37.1 Å². The third-order valence-electron chi connectivity index (χ3n) is 5.46. The van der Waals surface area contributed by atoms with E-state index in [9.17, 15) is 9.90 Å². The van der Waals surface area contributed by atoms with Crippen molar-refractivity contribution < 1.29 is 19.1 Å². The van der Waals surface area contributed by atoms with Crippen LogP contribution in [-0.4, -0.2) is 72.4 Å². The lowest BCUT2D eigenvalue weighted by atomic mass is 10.0. The van der Waals surface area contributed by atoms with E-state index >= 15 is 0 Å². The summed E-state index contributed by atoms with van der Waals surface area (Å²) in [6.45, 7) is 6.75. The fraction of sp³-hybridized carbons (Fsp3) is 0.550. The fourth-order valence-corrected chi connectivity index (χ4v) is 3.98. The maximum absolute atomic E-state index is 12.7. The van der Waals surface area contributed by atoms with Crippen LogP contribution >= 0.6 is 0 Å². The van der Waals surface area contributed by atoms with Crippen LogP contribution in [-0.2, 0) is 16.0 Å². The molecule has 0 bridgehead atoms. The Labute approximate surface area is 153 Å². The van der Waals surface area contributed by atoms with Crippen LogP contribution in [0.4, 0.5) is 0 Å². The van der Waals surface area contributed by atoms with Gasteiger partial charge in [-0.1, -0.05) is 12.1 Å². The molecule has 0 saturated carbocycles. The molecule has 1 atom stereocenters. The number of rotatable bonds is 4. The Morgan fingerprint density at radius 1 is 1.27 bits per heavy atom. The van der Waals surface area contributed by atoms with Crippen molar-refractivity contribution in [3.63, 3.8) is 0 Å². The van der Waals surface area contributed by atoms with Gasteiger partial charge in [0.25, 0.3) is 0 Å². The molecule has 0 unspecified atom stereocenters. The smallest absolute Gasteiger partial charge is 0.227 e. The van der Waals surface area contributed by atoms with Crippen molar-refractivity contribution in [3.8, 4) is 0 Å². The first-order chi connectivity index (χ1) is 12.5. The van der Waals surface area contributed by atoms with E-state index in [1.54, 1.807) is 11.2 Å². The van der Waals surface area contributed by atoms with Gasteiger partial charge in [0.05, 0.1) is 38.0 Å². The number of aryl methyl sites for hydroxylation is 1. The van der Waals surface area contributed by atoms with Crippen molar-refractivity contribution in [3.05, 3.63) is 35.6 Å². The minimum Gasteiger partial charge on any atom is -0.464 e. The minimum absolute atomic E-state index is 0.0474. The van der Waals surface area contributed by atoms with Gasteiger partial charge in [0.15, 0.2) is 0 Å². The van der Waals surface area contributed by atoms with E-state index in [0.717, 1.165) is 35.2 Å². The summed E-state index contributed by atoms with van der Waals surface area (Å²) in [5.41, 5.74) is 2.05. The number of amides is 1. The largest absolute Gasteiger partial charge is 0.464 e. The zero-order chi connectivity index (χ0) is 18.1. The van der Waals surface area contributed by atoms with Crippen molar-refractivity contribution in [2.24, 2.45) is 0 Å². The molecule has 6 nitrogen and oxygen atoms in total. The summed E-state index contributed by atoms with van der Waals surface area (Å²) < 4.78 is 11.0. The Bertz CT molecular complexity index is 796.